The Kier molecular flexibility index (Phi) is 5.45. The van der Waals surface area contributed by atoms with Crippen molar-refractivity contribution in [2.75, 3.05) is 6.61 Å². The molecule has 22 heavy (non-hydrogen) atoms. The van der Waals surface area contributed by atoms with Crippen LogP contribution in [0, 0.1) is 0 Å². The standard InChI is InChI=1S/C16H20BrNO4/c1-10-4-3-5-11(2)18(10)15(20)9-22-16(21)13-8-12(17)6-7-14(13)19/h6-8,10-11,19H,3-5,9H2,1-2H3/t10-,11+. The second-order valence-electron chi connectivity index (χ2n) is 5.67. The van der Waals surface area contributed by atoms with Gasteiger partial charge in [0.2, 0.25) is 0 Å². The fourth-order valence-corrected chi connectivity index (χ4v) is 3.23. The zero-order chi connectivity index (χ0) is 16.3. The molecule has 1 N–H and O–H groups in total. The van der Waals surface area contributed by atoms with Crippen molar-refractivity contribution < 1.29 is 19.4 Å². The van der Waals surface area contributed by atoms with E-state index in [9.17, 15) is 14.7 Å². The number of ether oxygens (including phenoxy) is 1. The van der Waals surface area contributed by atoms with Crippen molar-refractivity contribution in [3.8, 4) is 5.75 Å². The number of phenols is 1. The highest BCUT2D eigenvalue weighted by Crippen LogP contribution is 2.24. The van der Waals surface area contributed by atoms with Gasteiger partial charge in [-0.05, 0) is 51.3 Å². The molecule has 120 valence electrons. The molecule has 1 heterocycles. The first kappa shape index (κ1) is 16.8. The topological polar surface area (TPSA) is 66.8 Å². The van der Waals surface area contributed by atoms with Crippen LogP contribution in [0.3, 0.4) is 0 Å². The molecule has 0 aliphatic carbocycles. The maximum absolute atomic E-state index is 12.3. The molecule has 0 bridgehead atoms. The number of likely N-dealkylation sites (tertiary alicyclic amines) is 1. The van der Waals surface area contributed by atoms with Gasteiger partial charge in [-0.15, -0.1) is 0 Å². The van der Waals surface area contributed by atoms with E-state index >= 15 is 0 Å². The smallest absolute Gasteiger partial charge is 0.342 e. The maximum atomic E-state index is 12.3. The van der Waals surface area contributed by atoms with Gasteiger partial charge in [-0.25, -0.2) is 4.79 Å². The number of hydrogen-bond acceptors (Lipinski definition) is 4. The molecule has 1 aromatic carbocycles. The Labute approximate surface area is 138 Å². The van der Waals surface area contributed by atoms with Gasteiger partial charge in [0.1, 0.15) is 11.3 Å². The molecule has 0 unspecified atom stereocenters. The summed E-state index contributed by atoms with van der Waals surface area (Å²) in [6, 6.07) is 4.81. The van der Waals surface area contributed by atoms with E-state index in [2.05, 4.69) is 15.9 Å². The third-order valence-corrected chi connectivity index (χ3v) is 4.48. The number of carbonyl (C=O) groups is 2. The van der Waals surface area contributed by atoms with E-state index in [1.165, 1.54) is 12.1 Å². The minimum atomic E-state index is -0.704. The number of phenolic OH excluding ortho intramolecular Hbond substituents is 1. The molecule has 1 aliphatic rings. The van der Waals surface area contributed by atoms with Crippen molar-refractivity contribution in [3.63, 3.8) is 0 Å². The number of benzene rings is 1. The normalized spacial score (nSPS) is 21.5. The van der Waals surface area contributed by atoms with Crippen molar-refractivity contribution in [1.82, 2.24) is 4.90 Å². The predicted octanol–water partition coefficient (Wildman–Crippen LogP) is 3.10. The molecular formula is C16H20BrNO4. The molecule has 1 aliphatic heterocycles. The van der Waals surface area contributed by atoms with E-state index in [1.807, 2.05) is 13.8 Å². The lowest BCUT2D eigenvalue weighted by molar-refractivity contribution is -0.140. The quantitative estimate of drug-likeness (QED) is 0.831. The summed E-state index contributed by atoms with van der Waals surface area (Å²) in [5.74, 6) is -1.06. The molecule has 2 rings (SSSR count). The molecule has 0 saturated carbocycles. The molecule has 1 fully saturated rings. The molecule has 0 spiro atoms. The largest absolute Gasteiger partial charge is 0.507 e. The summed E-state index contributed by atoms with van der Waals surface area (Å²) in [5.41, 5.74) is 0.0434. The van der Waals surface area contributed by atoms with E-state index in [4.69, 9.17) is 4.74 Å². The monoisotopic (exact) mass is 369 g/mol. The summed E-state index contributed by atoms with van der Waals surface area (Å²) in [6.45, 7) is 3.71. The van der Waals surface area contributed by atoms with E-state index in [-0.39, 0.29) is 35.9 Å². The maximum Gasteiger partial charge on any atom is 0.342 e. The molecular weight excluding hydrogens is 350 g/mol. The van der Waals surface area contributed by atoms with Crippen molar-refractivity contribution in [1.29, 1.82) is 0 Å². The van der Waals surface area contributed by atoms with E-state index in [0.29, 0.717) is 4.47 Å². The van der Waals surface area contributed by atoms with Crippen LogP contribution < -0.4 is 0 Å². The van der Waals surface area contributed by atoms with Crippen molar-refractivity contribution in [2.24, 2.45) is 0 Å². The Hall–Kier alpha value is -1.56. The van der Waals surface area contributed by atoms with Crippen LogP contribution in [-0.2, 0) is 9.53 Å². The fraction of sp³-hybridized carbons (Fsp3) is 0.500. The number of aromatic hydroxyl groups is 1. The highest BCUT2D eigenvalue weighted by Gasteiger charge is 2.29. The average Bonchev–Trinajstić information content (AvgIpc) is 2.47. The third-order valence-electron chi connectivity index (χ3n) is 3.99. The summed E-state index contributed by atoms with van der Waals surface area (Å²) in [7, 11) is 0. The Morgan fingerprint density at radius 1 is 1.32 bits per heavy atom. The molecule has 6 heteroatoms. The molecule has 0 radical (unpaired) electrons. The molecule has 1 amide bonds. The fourth-order valence-electron chi connectivity index (χ4n) is 2.86. The number of rotatable bonds is 3. The van der Waals surface area contributed by atoms with Gasteiger partial charge in [0.25, 0.3) is 5.91 Å². The summed E-state index contributed by atoms with van der Waals surface area (Å²) in [5, 5.41) is 9.69. The Morgan fingerprint density at radius 3 is 2.59 bits per heavy atom. The molecule has 0 aromatic heterocycles. The SMILES string of the molecule is C[C@@H]1CCC[C@H](C)N1C(=O)COC(=O)c1cc(Br)ccc1O. The Balaban J connectivity index is 1.98. The van der Waals surface area contributed by atoms with Gasteiger partial charge in [-0.1, -0.05) is 15.9 Å². The first-order chi connectivity index (χ1) is 10.4. The van der Waals surface area contributed by atoms with Crippen molar-refractivity contribution in [3.05, 3.63) is 28.2 Å². The van der Waals surface area contributed by atoms with Crippen LogP contribution >= 0.6 is 15.9 Å². The van der Waals surface area contributed by atoms with Gasteiger partial charge in [0.15, 0.2) is 6.61 Å². The van der Waals surface area contributed by atoms with Gasteiger partial charge in [0, 0.05) is 16.6 Å². The van der Waals surface area contributed by atoms with E-state index < -0.39 is 5.97 Å². The lowest BCUT2D eigenvalue weighted by Crippen LogP contribution is -2.49. The highest BCUT2D eigenvalue weighted by atomic mass is 79.9. The number of esters is 1. The van der Waals surface area contributed by atoms with Gasteiger partial charge < -0.3 is 14.7 Å². The van der Waals surface area contributed by atoms with Gasteiger partial charge in [0.05, 0.1) is 0 Å². The number of amides is 1. The van der Waals surface area contributed by atoms with E-state index in [1.54, 1.807) is 11.0 Å². The average molecular weight is 370 g/mol. The van der Waals surface area contributed by atoms with Crippen LogP contribution in [0.2, 0.25) is 0 Å². The van der Waals surface area contributed by atoms with Crippen LogP contribution in [0.25, 0.3) is 0 Å². The number of carbonyl (C=O) groups excluding carboxylic acids is 2. The minimum Gasteiger partial charge on any atom is -0.507 e. The summed E-state index contributed by atoms with van der Waals surface area (Å²) < 4.78 is 5.72. The van der Waals surface area contributed by atoms with Crippen LogP contribution in [0.1, 0.15) is 43.5 Å². The molecule has 1 aromatic rings. The summed E-state index contributed by atoms with van der Waals surface area (Å²) >= 11 is 3.23. The second-order valence-corrected chi connectivity index (χ2v) is 6.58. The number of hydrogen-bond donors (Lipinski definition) is 1. The van der Waals surface area contributed by atoms with E-state index in [0.717, 1.165) is 19.3 Å². The lowest BCUT2D eigenvalue weighted by atomic mass is 9.97. The number of piperidine rings is 1. The van der Waals surface area contributed by atoms with Crippen LogP contribution in [0.15, 0.2) is 22.7 Å². The number of nitrogens with zero attached hydrogens (tertiary/aromatic N) is 1. The zero-order valence-electron chi connectivity index (χ0n) is 12.7. The minimum absolute atomic E-state index is 0.0434. The molecule has 1 saturated heterocycles. The van der Waals surface area contributed by atoms with Gasteiger partial charge in [-0.3, -0.25) is 4.79 Å². The summed E-state index contributed by atoms with van der Waals surface area (Å²) in [4.78, 5) is 26.1. The highest BCUT2D eigenvalue weighted by molar-refractivity contribution is 9.10. The number of halogens is 1. The van der Waals surface area contributed by atoms with Crippen LogP contribution in [0.5, 0.6) is 5.75 Å². The van der Waals surface area contributed by atoms with Crippen LogP contribution in [0.4, 0.5) is 0 Å². The first-order valence-electron chi connectivity index (χ1n) is 7.37. The Bertz CT molecular complexity index is 565. The van der Waals surface area contributed by atoms with Crippen LogP contribution in [-0.4, -0.2) is 40.6 Å². The third kappa shape index (κ3) is 3.80. The first-order valence-corrected chi connectivity index (χ1v) is 8.16. The molecule has 5 nitrogen and oxygen atoms in total. The van der Waals surface area contributed by atoms with Crippen molar-refractivity contribution >= 4 is 27.8 Å². The second kappa shape index (κ2) is 7.13. The predicted molar refractivity (Wildman–Crippen MR) is 85.7 cm³/mol. The van der Waals surface area contributed by atoms with Crippen molar-refractivity contribution in [2.45, 2.75) is 45.2 Å². The zero-order valence-corrected chi connectivity index (χ0v) is 14.3. The molecule has 2 atom stereocenters. The Morgan fingerprint density at radius 2 is 1.95 bits per heavy atom. The van der Waals surface area contributed by atoms with Gasteiger partial charge in [-0.2, -0.15) is 0 Å². The van der Waals surface area contributed by atoms with Gasteiger partial charge >= 0.3 is 5.97 Å². The summed E-state index contributed by atoms with van der Waals surface area (Å²) in [6.07, 6.45) is 3.05. The lowest BCUT2D eigenvalue weighted by Gasteiger charge is -2.38.